The number of anilines is 1. The molecule has 1 spiro atoms. The van der Waals surface area contributed by atoms with E-state index >= 15 is 0 Å². The summed E-state index contributed by atoms with van der Waals surface area (Å²) in [7, 11) is 0. The number of thiophene rings is 1. The van der Waals surface area contributed by atoms with Crippen LogP contribution in [-0.4, -0.2) is 81.5 Å². The van der Waals surface area contributed by atoms with Gasteiger partial charge in [0.05, 0.1) is 5.41 Å². The molecule has 1 atom stereocenters. The Morgan fingerprint density at radius 3 is 1.95 bits per heavy atom. The Morgan fingerprint density at radius 2 is 1.49 bits per heavy atom. The molecule has 2 saturated heterocycles. The number of nitrogens with zero attached hydrogens (tertiary/aromatic N) is 4. The van der Waals surface area contributed by atoms with Crippen molar-refractivity contribution in [2.75, 3.05) is 31.1 Å². The Labute approximate surface area is 220 Å². The van der Waals surface area contributed by atoms with E-state index in [1.165, 1.54) is 9.75 Å². The minimum Gasteiger partial charge on any atom is -0.475 e. The fourth-order valence-corrected chi connectivity index (χ4v) is 4.97. The zero-order valence-electron chi connectivity index (χ0n) is 20.3. The molecule has 4 heterocycles. The molecule has 2 N–H and O–H groups in total. The standard InChI is InChI=1S/C18H22F2N4S.2C2HF3O2/c1-14-3-4-15(25-14)11-23-9-6-18(19,20)17(12-23)5-10-24(13-17)16-21-7-2-8-22-16;2*3-2(4,5)1(6)7/h2-4,7-8H,5-6,9-13H2,1H3;2*(H,6,7). The summed E-state index contributed by atoms with van der Waals surface area (Å²) in [5.41, 5.74) is -1.00. The van der Waals surface area contributed by atoms with Crippen LogP contribution in [0.4, 0.5) is 41.1 Å². The van der Waals surface area contributed by atoms with E-state index in [-0.39, 0.29) is 6.42 Å². The second-order valence-electron chi connectivity index (χ2n) is 8.78. The number of carboxylic acids is 2. The first-order chi connectivity index (χ1) is 17.9. The molecule has 39 heavy (non-hydrogen) atoms. The smallest absolute Gasteiger partial charge is 0.475 e. The van der Waals surface area contributed by atoms with Crippen molar-refractivity contribution in [3.8, 4) is 0 Å². The first-order valence-electron chi connectivity index (χ1n) is 11.1. The number of aromatic nitrogens is 2. The van der Waals surface area contributed by atoms with E-state index in [2.05, 4.69) is 33.9 Å². The molecule has 1 unspecified atom stereocenters. The Morgan fingerprint density at radius 1 is 0.949 bits per heavy atom. The molecule has 17 heteroatoms. The molecule has 0 aromatic carbocycles. The Bertz CT molecular complexity index is 1090. The fraction of sp³-hybridized carbons (Fsp3) is 0.545. The molecule has 0 amide bonds. The molecule has 2 aromatic rings. The average molecular weight is 593 g/mol. The maximum atomic E-state index is 14.9. The summed E-state index contributed by atoms with van der Waals surface area (Å²) in [4.78, 5) is 32.9. The third kappa shape index (κ3) is 8.98. The molecular weight excluding hydrogens is 568 g/mol. The van der Waals surface area contributed by atoms with Crippen LogP contribution >= 0.6 is 11.3 Å². The van der Waals surface area contributed by atoms with E-state index < -0.39 is 35.6 Å². The molecule has 0 saturated carbocycles. The summed E-state index contributed by atoms with van der Waals surface area (Å²) in [5, 5.41) is 14.2. The number of rotatable bonds is 3. The van der Waals surface area contributed by atoms with Crippen LogP contribution in [-0.2, 0) is 16.1 Å². The number of carbonyl (C=O) groups is 2. The van der Waals surface area contributed by atoms with E-state index in [9.17, 15) is 35.1 Å². The fourth-order valence-electron chi connectivity index (χ4n) is 4.04. The summed E-state index contributed by atoms with van der Waals surface area (Å²) in [6.45, 7) is 4.64. The molecule has 2 fully saturated rings. The number of likely N-dealkylation sites (tertiary alicyclic amines) is 1. The highest BCUT2D eigenvalue weighted by atomic mass is 32.1. The predicted molar refractivity (Wildman–Crippen MR) is 123 cm³/mol. The van der Waals surface area contributed by atoms with Crippen molar-refractivity contribution in [2.24, 2.45) is 5.41 Å². The van der Waals surface area contributed by atoms with E-state index in [0.29, 0.717) is 38.5 Å². The number of carboxylic acid groups (broad SMARTS) is 2. The summed E-state index contributed by atoms with van der Waals surface area (Å²) in [6.07, 6.45) is -6.42. The van der Waals surface area contributed by atoms with Crippen LogP contribution in [0.5, 0.6) is 0 Å². The van der Waals surface area contributed by atoms with Crippen LogP contribution in [0.2, 0.25) is 0 Å². The van der Waals surface area contributed by atoms with Crippen molar-refractivity contribution < 1.29 is 54.9 Å². The summed E-state index contributed by atoms with van der Waals surface area (Å²) < 4.78 is 93.2. The number of alkyl halides is 8. The van der Waals surface area contributed by atoms with Gasteiger partial charge in [-0.2, -0.15) is 26.3 Å². The van der Waals surface area contributed by atoms with Crippen LogP contribution in [0.15, 0.2) is 30.6 Å². The molecule has 0 bridgehead atoms. The maximum Gasteiger partial charge on any atom is 0.490 e. The lowest BCUT2D eigenvalue weighted by Gasteiger charge is -2.45. The van der Waals surface area contributed by atoms with Gasteiger partial charge in [-0.1, -0.05) is 0 Å². The van der Waals surface area contributed by atoms with E-state index in [1.807, 2.05) is 4.90 Å². The molecule has 2 aliphatic heterocycles. The minimum absolute atomic E-state index is 0.0686. The molecule has 218 valence electrons. The van der Waals surface area contributed by atoms with Crippen LogP contribution in [0.3, 0.4) is 0 Å². The van der Waals surface area contributed by atoms with Crippen molar-refractivity contribution in [1.29, 1.82) is 0 Å². The molecule has 0 aliphatic carbocycles. The largest absolute Gasteiger partial charge is 0.490 e. The average Bonchev–Trinajstić information content (AvgIpc) is 3.44. The predicted octanol–water partition coefficient (Wildman–Crippen LogP) is 4.85. The van der Waals surface area contributed by atoms with Crippen molar-refractivity contribution >= 4 is 29.2 Å². The first-order valence-corrected chi connectivity index (χ1v) is 12.0. The van der Waals surface area contributed by atoms with Crippen molar-refractivity contribution in [3.63, 3.8) is 0 Å². The maximum absolute atomic E-state index is 14.9. The van der Waals surface area contributed by atoms with Gasteiger partial charge < -0.3 is 15.1 Å². The van der Waals surface area contributed by atoms with Gasteiger partial charge >= 0.3 is 24.3 Å². The number of aliphatic carboxylic acids is 2. The number of aryl methyl sites for hydroxylation is 1. The zero-order chi connectivity index (χ0) is 29.6. The van der Waals surface area contributed by atoms with Gasteiger partial charge in [0, 0.05) is 61.3 Å². The lowest BCUT2D eigenvalue weighted by atomic mass is 9.75. The SMILES string of the molecule is Cc1ccc(CN2CCC(F)(F)C3(CCN(c4ncccn4)C3)C2)s1.O=C(O)C(F)(F)F.O=C(O)C(F)(F)F. The summed E-state index contributed by atoms with van der Waals surface area (Å²) >= 11 is 1.75. The Kier molecular flexibility index (Phi) is 10.2. The van der Waals surface area contributed by atoms with Gasteiger partial charge in [0.1, 0.15) is 0 Å². The highest BCUT2D eigenvalue weighted by molar-refractivity contribution is 7.11. The highest BCUT2D eigenvalue weighted by Crippen LogP contribution is 2.50. The summed E-state index contributed by atoms with van der Waals surface area (Å²) in [6, 6.07) is 5.95. The van der Waals surface area contributed by atoms with Gasteiger partial charge in [0.15, 0.2) is 0 Å². The lowest BCUT2D eigenvalue weighted by molar-refractivity contribution is -0.193. The van der Waals surface area contributed by atoms with E-state index in [1.54, 1.807) is 29.8 Å². The molecule has 4 rings (SSSR count). The van der Waals surface area contributed by atoms with Gasteiger partial charge in [0.25, 0.3) is 5.92 Å². The van der Waals surface area contributed by atoms with Crippen LogP contribution in [0.25, 0.3) is 0 Å². The van der Waals surface area contributed by atoms with Crippen LogP contribution in [0, 0.1) is 12.3 Å². The van der Waals surface area contributed by atoms with Gasteiger partial charge in [-0.25, -0.2) is 28.3 Å². The number of hydrogen-bond donors (Lipinski definition) is 2. The molecular formula is C22H24F8N4O4S. The zero-order valence-corrected chi connectivity index (χ0v) is 21.1. The highest BCUT2D eigenvalue weighted by Gasteiger charge is 2.59. The topological polar surface area (TPSA) is 107 Å². The molecule has 2 aromatic heterocycles. The first kappa shape index (κ1) is 32.1. The quantitative estimate of drug-likeness (QED) is 0.488. The van der Waals surface area contributed by atoms with Crippen LogP contribution in [0.1, 0.15) is 22.6 Å². The third-order valence-electron chi connectivity index (χ3n) is 5.89. The number of piperidine rings is 1. The number of hydrogen-bond acceptors (Lipinski definition) is 7. The monoisotopic (exact) mass is 592 g/mol. The Balaban J connectivity index is 0.000000317. The summed E-state index contributed by atoms with van der Waals surface area (Å²) in [5.74, 6) is -7.60. The number of halogens is 8. The molecule has 2 aliphatic rings. The van der Waals surface area contributed by atoms with E-state index in [4.69, 9.17) is 19.8 Å². The van der Waals surface area contributed by atoms with Gasteiger partial charge in [-0.15, -0.1) is 11.3 Å². The molecule has 8 nitrogen and oxygen atoms in total. The Hall–Kier alpha value is -3.08. The second kappa shape index (κ2) is 12.4. The second-order valence-corrected chi connectivity index (χ2v) is 10.2. The van der Waals surface area contributed by atoms with E-state index in [0.717, 1.165) is 6.54 Å². The third-order valence-corrected chi connectivity index (χ3v) is 6.88. The lowest BCUT2D eigenvalue weighted by Crippen LogP contribution is -2.56. The minimum atomic E-state index is -5.08. The van der Waals surface area contributed by atoms with Gasteiger partial charge in [-0.05, 0) is 31.5 Å². The van der Waals surface area contributed by atoms with Crippen molar-refractivity contribution in [2.45, 2.75) is 44.6 Å². The van der Waals surface area contributed by atoms with Crippen molar-refractivity contribution in [3.05, 3.63) is 40.3 Å². The molecule has 0 radical (unpaired) electrons. The normalized spacial score (nSPS) is 21.0. The van der Waals surface area contributed by atoms with Crippen LogP contribution < -0.4 is 4.90 Å². The van der Waals surface area contributed by atoms with Crippen molar-refractivity contribution in [1.82, 2.24) is 14.9 Å². The van der Waals surface area contributed by atoms with Gasteiger partial charge in [0.2, 0.25) is 5.95 Å². The van der Waals surface area contributed by atoms with Gasteiger partial charge in [-0.3, -0.25) is 4.90 Å².